The maximum absolute atomic E-state index is 12.1. The summed E-state index contributed by atoms with van der Waals surface area (Å²) in [7, 11) is 0. The summed E-state index contributed by atoms with van der Waals surface area (Å²) in [4.78, 5) is 26.4. The number of amides is 2. The lowest BCUT2D eigenvalue weighted by Gasteiger charge is -2.18. The molecule has 2 aliphatic rings. The highest BCUT2D eigenvalue weighted by molar-refractivity contribution is 5.93. The molecule has 0 bridgehead atoms. The summed E-state index contributed by atoms with van der Waals surface area (Å²) >= 11 is 0. The van der Waals surface area contributed by atoms with Crippen LogP contribution >= 0.6 is 0 Å². The van der Waals surface area contributed by atoms with Gasteiger partial charge in [0.25, 0.3) is 5.91 Å². The fourth-order valence-electron chi connectivity index (χ4n) is 3.95. The molecule has 2 amide bonds. The second kappa shape index (κ2) is 10.1. The average Bonchev–Trinajstić information content (AvgIpc) is 3.57. The predicted octanol–water partition coefficient (Wildman–Crippen LogP) is 3.03. The largest absolute Gasteiger partial charge is 0.394 e. The van der Waals surface area contributed by atoms with Crippen molar-refractivity contribution in [2.45, 2.75) is 46.6 Å². The van der Waals surface area contributed by atoms with Gasteiger partial charge in [-0.2, -0.15) is 0 Å². The maximum Gasteiger partial charge on any atom is 0.271 e. The minimum atomic E-state index is -0.254. The standard InChI is InChI=1S/C14H19N3O2.C11H15NO/c1-9(2)12(8-18)16-14(19)11-7-17-10(3)5-4-6-13(17)15-11;1-2-3-5-11-7-10(11)9(11)4-6-12-8-13/h4-7,9,12,18H,8H2,1-3H3,(H,16,19);3-5,8,10H,2,6-7H2,1H3,(H,12,13)/b;5-3-,9-4+. The van der Waals surface area contributed by atoms with Crippen molar-refractivity contribution in [3.63, 3.8) is 0 Å². The number of aliphatic hydroxyl groups is 1. The van der Waals surface area contributed by atoms with Crippen LogP contribution in [0.15, 0.2) is 48.2 Å². The number of rotatable bonds is 9. The number of hydrogen-bond acceptors (Lipinski definition) is 4. The van der Waals surface area contributed by atoms with Gasteiger partial charge in [0, 0.05) is 23.9 Å². The number of carbonyl (C=O) groups excluding carboxylic acids is 2. The molecule has 3 unspecified atom stereocenters. The number of aliphatic hydroxyl groups excluding tert-OH is 1. The van der Waals surface area contributed by atoms with E-state index in [2.05, 4.69) is 40.8 Å². The lowest BCUT2D eigenvalue weighted by Crippen LogP contribution is -2.41. The van der Waals surface area contributed by atoms with Crippen LogP contribution in [0.4, 0.5) is 0 Å². The van der Waals surface area contributed by atoms with Gasteiger partial charge >= 0.3 is 0 Å². The van der Waals surface area contributed by atoms with Gasteiger partial charge in [-0.25, -0.2) is 4.98 Å². The van der Waals surface area contributed by atoms with Crippen LogP contribution in [0, 0.1) is 24.2 Å². The minimum absolute atomic E-state index is 0.0736. The van der Waals surface area contributed by atoms with E-state index in [0.717, 1.165) is 30.1 Å². The van der Waals surface area contributed by atoms with Crippen LogP contribution in [0.25, 0.3) is 5.65 Å². The Morgan fingerprint density at radius 1 is 1.41 bits per heavy atom. The molecule has 7 nitrogen and oxygen atoms in total. The zero-order valence-electron chi connectivity index (χ0n) is 19.3. The molecule has 2 aromatic heterocycles. The molecule has 0 aromatic carbocycles. The van der Waals surface area contributed by atoms with Crippen LogP contribution in [0.2, 0.25) is 0 Å². The molecule has 2 aliphatic carbocycles. The molecular weight excluding hydrogens is 404 g/mol. The second-order valence-electron chi connectivity index (χ2n) is 8.82. The molecule has 4 rings (SSSR count). The van der Waals surface area contributed by atoms with E-state index >= 15 is 0 Å². The zero-order chi connectivity index (χ0) is 23.3. The Bertz CT molecular complexity index is 1020. The van der Waals surface area contributed by atoms with Crippen LogP contribution in [0.5, 0.6) is 0 Å². The fraction of sp³-hybridized carbons (Fsp3) is 0.480. The lowest BCUT2D eigenvalue weighted by atomic mass is 10.1. The number of allylic oxidation sites excluding steroid dienone is 3. The number of aryl methyl sites for hydroxylation is 1. The second-order valence-corrected chi connectivity index (χ2v) is 8.82. The number of pyridine rings is 1. The van der Waals surface area contributed by atoms with E-state index < -0.39 is 0 Å². The highest BCUT2D eigenvalue weighted by Gasteiger charge is 2.72. The number of hydrogen-bond donors (Lipinski definition) is 3. The quantitative estimate of drug-likeness (QED) is 0.319. The fourth-order valence-corrected chi connectivity index (χ4v) is 3.95. The Morgan fingerprint density at radius 3 is 2.78 bits per heavy atom. The highest BCUT2D eigenvalue weighted by atomic mass is 16.3. The van der Waals surface area contributed by atoms with Crippen molar-refractivity contribution in [3.05, 3.63) is 59.6 Å². The molecule has 2 fully saturated rings. The summed E-state index contributed by atoms with van der Waals surface area (Å²) in [6.45, 7) is 8.64. The van der Waals surface area contributed by atoms with E-state index in [1.54, 1.807) is 6.20 Å². The number of nitrogens with one attached hydrogen (secondary N) is 2. The number of fused-ring (bicyclic) bond motifs is 2. The summed E-state index contributed by atoms with van der Waals surface area (Å²) < 4.78 is 1.87. The topological polar surface area (TPSA) is 95.7 Å². The van der Waals surface area contributed by atoms with Crippen molar-refractivity contribution in [3.8, 4) is 0 Å². The lowest BCUT2D eigenvalue weighted by molar-refractivity contribution is -0.109. The van der Waals surface area contributed by atoms with Crippen LogP contribution in [0.3, 0.4) is 0 Å². The molecule has 3 atom stereocenters. The van der Waals surface area contributed by atoms with Crippen molar-refractivity contribution in [2.24, 2.45) is 17.3 Å². The summed E-state index contributed by atoms with van der Waals surface area (Å²) in [5.41, 5.74) is 4.13. The van der Waals surface area contributed by atoms with Crippen molar-refractivity contribution < 1.29 is 14.7 Å². The van der Waals surface area contributed by atoms with Gasteiger partial charge in [0.05, 0.1) is 12.6 Å². The number of imidazole rings is 1. The number of carbonyl (C=O) groups is 2. The first-order valence-corrected chi connectivity index (χ1v) is 11.3. The Kier molecular flexibility index (Phi) is 7.51. The molecule has 2 aromatic rings. The van der Waals surface area contributed by atoms with Gasteiger partial charge < -0.3 is 20.1 Å². The molecule has 0 saturated heterocycles. The molecule has 2 saturated carbocycles. The normalized spacial score (nSPS) is 22.9. The average molecular weight is 439 g/mol. The molecule has 0 spiro atoms. The third kappa shape index (κ3) is 5.10. The summed E-state index contributed by atoms with van der Waals surface area (Å²) in [5, 5.41) is 14.7. The van der Waals surface area contributed by atoms with Crippen molar-refractivity contribution in [1.29, 1.82) is 0 Å². The Hall–Kier alpha value is -2.93. The van der Waals surface area contributed by atoms with E-state index in [9.17, 15) is 14.7 Å². The van der Waals surface area contributed by atoms with E-state index in [-0.39, 0.29) is 24.5 Å². The van der Waals surface area contributed by atoms with E-state index in [1.165, 1.54) is 12.0 Å². The molecule has 2 heterocycles. The van der Waals surface area contributed by atoms with Crippen molar-refractivity contribution in [2.75, 3.05) is 13.2 Å². The van der Waals surface area contributed by atoms with Crippen LogP contribution in [0.1, 0.15) is 49.8 Å². The number of aromatic nitrogens is 2. The first-order chi connectivity index (χ1) is 15.4. The first-order valence-electron chi connectivity index (χ1n) is 11.3. The van der Waals surface area contributed by atoms with Gasteiger partial charge in [-0.1, -0.05) is 50.6 Å². The van der Waals surface area contributed by atoms with E-state index in [4.69, 9.17) is 0 Å². The third-order valence-corrected chi connectivity index (χ3v) is 6.25. The smallest absolute Gasteiger partial charge is 0.271 e. The van der Waals surface area contributed by atoms with Crippen LogP contribution in [-0.4, -0.2) is 46.0 Å². The number of nitrogens with zero attached hydrogens (tertiary/aromatic N) is 2. The van der Waals surface area contributed by atoms with E-state index in [0.29, 0.717) is 17.7 Å². The molecule has 32 heavy (non-hydrogen) atoms. The van der Waals surface area contributed by atoms with Crippen LogP contribution in [-0.2, 0) is 4.79 Å². The molecular formula is C25H34N4O3. The predicted molar refractivity (Wildman–Crippen MR) is 125 cm³/mol. The molecule has 0 aliphatic heterocycles. The van der Waals surface area contributed by atoms with E-state index in [1.807, 2.05) is 43.4 Å². The van der Waals surface area contributed by atoms with Gasteiger partial charge in [0.2, 0.25) is 6.41 Å². The monoisotopic (exact) mass is 438 g/mol. The summed E-state index contributed by atoms with van der Waals surface area (Å²) in [5.74, 6) is 0.743. The van der Waals surface area contributed by atoms with Gasteiger partial charge in [0.1, 0.15) is 11.3 Å². The molecule has 0 radical (unpaired) electrons. The Balaban J connectivity index is 0.000000193. The van der Waals surface area contributed by atoms with Crippen molar-refractivity contribution >= 4 is 18.0 Å². The first kappa shape index (κ1) is 23.7. The molecule has 172 valence electrons. The zero-order valence-corrected chi connectivity index (χ0v) is 19.3. The van der Waals surface area contributed by atoms with Gasteiger partial charge in [-0.3, -0.25) is 9.59 Å². The summed E-state index contributed by atoms with van der Waals surface area (Å²) in [6.07, 6.45) is 11.7. The van der Waals surface area contributed by atoms with Crippen molar-refractivity contribution in [1.82, 2.24) is 20.0 Å². The Morgan fingerprint density at radius 2 is 2.19 bits per heavy atom. The SMILES string of the molecule is CC/C=C\C12CC1/C2=C\CNC=O.Cc1cccc2nc(C(=O)NC(CO)C(C)C)cn12. The van der Waals surface area contributed by atoms with Crippen LogP contribution < -0.4 is 10.6 Å². The third-order valence-electron chi connectivity index (χ3n) is 6.25. The molecule has 7 heteroatoms. The van der Waals surface area contributed by atoms with Gasteiger partial charge in [-0.05, 0) is 43.7 Å². The molecule has 3 N–H and O–H groups in total. The van der Waals surface area contributed by atoms with Gasteiger partial charge in [0.15, 0.2) is 0 Å². The minimum Gasteiger partial charge on any atom is -0.394 e. The maximum atomic E-state index is 12.1. The Labute approximate surface area is 189 Å². The van der Waals surface area contributed by atoms with Gasteiger partial charge in [-0.15, -0.1) is 0 Å². The summed E-state index contributed by atoms with van der Waals surface area (Å²) in [6, 6.07) is 5.47. The highest BCUT2D eigenvalue weighted by Crippen LogP contribution is 2.80.